The van der Waals surface area contributed by atoms with Crippen molar-refractivity contribution in [2.24, 2.45) is 0 Å². The number of anilines is 1. The summed E-state index contributed by atoms with van der Waals surface area (Å²) in [5.41, 5.74) is 1.25. The lowest BCUT2D eigenvalue weighted by Gasteiger charge is -2.34. The minimum atomic E-state index is -3.44. The molecule has 1 aromatic heterocycles. The maximum absolute atomic E-state index is 13.0. The SMILES string of the molecule is CCOP(=O)(OCC)c1ccc2c(n1)N(C)CCC2NS(=O)C(C)(C)C. The van der Waals surface area contributed by atoms with Gasteiger partial charge in [-0.3, -0.25) is 4.57 Å². The van der Waals surface area contributed by atoms with Crippen LogP contribution < -0.4 is 15.1 Å². The Labute approximate surface area is 159 Å². The Morgan fingerprint density at radius 3 is 2.46 bits per heavy atom. The van der Waals surface area contributed by atoms with E-state index in [2.05, 4.69) is 9.71 Å². The van der Waals surface area contributed by atoms with Gasteiger partial charge in [0, 0.05) is 25.2 Å². The third-order valence-electron chi connectivity index (χ3n) is 4.06. The predicted octanol–water partition coefficient (Wildman–Crippen LogP) is 2.91. The number of hydrogen-bond donors (Lipinski definition) is 1. The van der Waals surface area contributed by atoms with Crippen LogP contribution in [0.15, 0.2) is 12.1 Å². The first-order chi connectivity index (χ1) is 12.1. The van der Waals surface area contributed by atoms with E-state index in [0.29, 0.717) is 5.44 Å². The van der Waals surface area contributed by atoms with Gasteiger partial charge in [-0.1, -0.05) is 6.07 Å². The van der Waals surface area contributed by atoms with Crippen molar-refractivity contribution in [2.75, 3.05) is 31.7 Å². The van der Waals surface area contributed by atoms with Gasteiger partial charge in [0.15, 0.2) is 5.44 Å². The Bertz CT molecular complexity index is 698. The summed E-state index contributed by atoms with van der Waals surface area (Å²) in [4.78, 5) is 6.61. The van der Waals surface area contributed by atoms with Gasteiger partial charge in [0.05, 0.1) is 28.9 Å². The van der Waals surface area contributed by atoms with Crippen molar-refractivity contribution < 1.29 is 17.8 Å². The largest absolute Gasteiger partial charge is 0.379 e. The maximum Gasteiger partial charge on any atom is 0.379 e. The summed E-state index contributed by atoms with van der Waals surface area (Å²) in [5.74, 6) is 0.719. The average Bonchev–Trinajstić information content (AvgIpc) is 2.56. The van der Waals surface area contributed by atoms with Crippen LogP contribution in [0.2, 0.25) is 0 Å². The fraction of sp³-hybridized carbons (Fsp3) is 0.706. The highest BCUT2D eigenvalue weighted by Gasteiger charge is 2.33. The fourth-order valence-electron chi connectivity index (χ4n) is 2.70. The van der Waals surface area contributed by atoms with Crippen molar-refractivity contribution >= 4 is 29.8 Å². The molecule has 2 atom stereocenters. The second kappa shape index (κ2) is 8.48. The van der Waals surface area contributed by atoms with E-state index >= 15 is 0 Å². The lowest BCUT2D eigenvalue weighted by atomic mass is 10.0. The van der Waals surface area contributed by atoms with Crippen molar-refractivity contribution in [1.82, 2.24) is 9.71 Å². The van der Waals surface area contributed by atoms with Crippen LogP contribution in [-0.2, 0) is 24.6 Å². The summed E-state index contributed by atoms with van der Waals surface area (Å²) in [5, 5.41) is 0. The van der Waals surface area contributed by atoms with Gasteiger partial charge in [0.25, 0.3) is 0 Å². The number of hydrogen-bond acceptors (Lipinski definition) is 6. The molecule has 1 aromatic rings. The van der Waals surface area contributed by atoms with Crippen LogP contribution in [-0.4, -0.2) is 40.7 Å². The normalized spacial score (nSPS) is 19.3. The molecule has 0 aromatic carbocycles. The quantitative estimate of drug-likeness (QED) is 0.705. The zero-order valence-electron chi connectivity index (χ0n) is 16.4. The first kappa shape index (κ1) is 21.5. The molecule has 2 heterocycles. The lowest BCUT2D eigenvalue weighted by molar-refractivity contribution is 0.229. The van der Waals surface area contributed by atoms with Crippen LogP contribution in [0.5, 0.6) is 0 Å². The Balaban J connectivity index is 2.38. The standard InChI is InChI=1S/C17H30N3O4PS/c1-7-23-25(21,24-8-2)15-10-9-13-14(19-26(22)17(3,4)5)11-12-20(6)16(13)18-15/h9-10,14,19H,7-8,11-12H2,1-6H3. The number of nitrogens with one attached hydrogen (secondary N) is 1. The number of rotatable bonds is 7. The average molecular weight is 403 g/mol. The summed E-state index contributed by atoms with van der Waals surface area (Å²) < 4.78 is 39.2. The molecule has 0 saturated carbocycles. The molecule has 1 aliphatic rings. The van der Waals surface area contributed by atoms with Crippen LogP contribution in [0.1, 0.15) is 52.6 Å². The molecule has 0 saturated heterocycles. The zero-order chi connectivity index (χ0) is 19.5. The molecule has 0 aliphatic carbocycles. The third kappa shape index (κ3) is 4.73. The van der Waals surface area contributed by atoms with Gasteiger partial charge in [-0.05, 0) is 47.1 Å². The van der Waals surface area contributed by atoms with Crippen molar-refractivity contribution in [3.8, 4) is 0 Å². The molecule has 0 radical (unpaired) electrons. The Hall–Kier alpha value is -0.790. The number of nitrogens with zero attached hydrogens (tertiary/aromatic N) is 2. The third-order valence-corrected chi connectivity index (χ3v) is 7.68. The van der Waals surface area contributed by atoms with Gasteiger partial charge in [-0.25, -0.2) is 13.9 Å². The molecule has 2 unspecified atom stereocenters. The van der Waals surface area contributed by atoms with E-state index < -0.39 is 18.6 Å². The van der Waals surface area contributed by atoms with E-state index in [1.807, 2.05) is 38.8 Å². The molecule has 0 spiro atoms. The smallest absolute Gasteiger partial charge is 0.359 e. The molecule has 9 heteroatoms. The Morgan fingerprint density at radius 1 is 1.31 bits per heavy atom. The number of aromatic nitrogens is 1. The van der Waals surface area contributed by atoms with Crippen LogP contribution >= 0.6 is 7.60 Å². The Morgan fingerprint density at radius 2 is 1.92 bits per heavy atom. The minimum absolute atomic E-state index is 0.0682. The van der Waals surface area contributed by atoms with E-state index in [-0.39, 0.29) is 24.0 Å². The molecule has 0 bridgehead atoms. The van der Waals surface area contributed by atoms with E-state index in [1.54, 1.807) is 19.9 Å². The van der Waals surface area contributed by atoms with Crippen molar-refractivity contribution in [3.05, 3.63) is 17.7 Å². The van der Waals surface area contributed by atoms with Gasteiger partial charge < -0.3 is 13.9 Å². The second-order valence-corrected chi connectivity index (χ2v) is 11.1. The zero-order valence-corrected chi connectivity index (χ0v) is 18.2. The van der Waals surface area contributed by atoms with E-state index in [1.165, 1.54) is 0 Å². The molecule has 0 fully saturated rings. The molecule has 0 amide bonds. The summed E-state index contributed by atoms with van der Waals surface area (Å²) >= 11 is 0. The molecular weight excluding hydrogens is 373 g/mol. The van der Waals surface area contributed by atoms with Crippen LogP contribution in [0, 0.1) is 0 Å². The van der Waals surface area contributed by atoms with Crippen molar-refractivity contribution in [1.29, 1.82) is 0 Å². The lowest BCUT2D eigenvalue weighted by Crippen LogP contribution is -2.40. The van der Waals surface area contributed by atoms with E-state index in [0.717, 1.165) is 24.3 Å². The van der Waals surface area contributed by atoms with Gasteiger partial charge in [0.1, 0.15) is 5.82 Å². The minimum Gasteiger partial charge on any atom is -0.359 e. The maximum atomic E-state index is 13.0. The topological polar surface area (TPSA) is 80.8 Å². The highest BCUT2D eigenvalue weighted by atomic mass is 32.2. The second-order valence-electron chi connectivity index (χ2n) is 7.18. The molecule has 26 heavy (non-hydrogen) atoms. The monoisotopic (exact) mass is 403 g/mol. The number of fused-ring (bicyclic) bond motifs is 1. The number of pyridine rings is 1. The molecular formula is C17H30N3O4PS. The molecule has 148 valence electrons. The highest BCUT2D eigenvalue weighted by Crippen LogP contribution is 2.47. The van der Waals surface area contributed by atoms with Crippen LogP contribution in [0.4, 0.5) is 5.82 Å². The predicted molar refractivity (Wildman–Crippen MR) is 106 cm³/mol. The van der Waals surface area contributed by atoms with E-state index in [9.17, 15) is 8.77 Å². The van der Waals surface area contributed by atoms with Gasteiger partial charge in [0.2, 0.25) is 0 Å². The summed E-state index contributed by atoms with van der Waals surface area (Å²) in [7, 11) is -2.68. The molecule has 7 nitrogen and oxygen atoms in total. The van der Waals surface area contributed by atoms with Crippen molar-refractivity contribution in [3.63, 3.8) is 0 Å². The molecule has 2 rings (SSSR count). The van der Waals surface area contributed by atoms with Gasteiger partial charge in [-0.15, -0.1) is 0 Å². The summed E-state index contributed by atoms with van der Waals surface area (Å²) in [6.07, 6.45) is 0.820. The molecule has 1 aliphatic heterocycles. The summed E-state index contributed by atoms with van der Waals surface area (Å²) in [6, 6.07) is 3.51. The van der Waals surface area contributed by atoms with Crippen LogP contribution in [0.25, 0.3) is 0 Å². The van der Waals surface area contributed by atoms with E-state index in [4.69, 9.17) is 9.05 Å². The fourth-order valence-corrected chi connectivity index (χ4v) is 5.05. The first-order valence-corrected chi connectivity index (χ1v) is 11.6. The molecule has 1 N–H and O–H groups in total. The van der Waals surface area contributed by atoms with Crippen molar-refractivity contribution in [2.45, 2.75) is 51.8 Å². The van der Waals surface area contributed by atoms with Gasteiger partial charge in [-0.2, -0.15) is 0 Å². The Kier molecular flexibility index (Phi) is 7.02. The van der Waals surface area contributed by atoms with Gasteiger partial charge >= 0.3 is 7.60 Å². The van der Waals surface area contributed by atoms with Crippen LogP contribution in [0.3, 0.4) is 0 Å². The highest BCUT2D eigenvalue weighted by molar-refractivity contribution is 7.84. The first-order valence-electron chi connectivity index (χ1n) is 8.92. The summed E-state index contributed by atoms with van der Waals surface area (Å²) in [6.45, 7) is 10.7.